The lowest BCUT2D eigenvalue weighted by Gasteiger charge is -2.17. The average Bonchev–Trinajstić information content (AvgIpc) is 2.88. The monoisotopic (exact) mass is 295 g/mol. The summed E-state index contributed by atoms with van der Waals surface area (Å²) in [5.41, 5.74) is 1.65. The van der Waals surface area contributed by atoms with Crippen LogP contribution >= 0.6 is 0 Å². The van der Waals surface area contributed by atoms with E-state index in [0.29, 0.717) is 5.56 Å². The van der Waals surface area contributed by atoms with Gasteiger partial charge in [0.2, 0.25) is 0 Å². The van der Waals surface area contributed by atoms with Crippen molar-refractivity contribution < 1.29 is 13.5 Å². The van der Waals surface area contributed by atoms with Gasteiger partial charge in [-0.05, 0) is 12.5 Å². The number of rotatable bonds is 4. The molecule has 2 rings (SSSR count). The van der Waals surface area contributed by atoms with Crippen LogP contribution in [-0.4, -0.2) is 40.9 Å². The van der Waals surface area contributed by atoms with Gasteiger partial charge >= 0.3 is 10.2 Å². The third-order valence-electron chi connectivity index (χ3n) is 2.98. The van der Waals surface area contributed by atoms with Crippen LogP contribution in [0.15, 0.2) is 36.7 Å². The third-order valence-corrected chi connectivity index (χ3v) is 4.71. The summed E-state index contributed by atoms with van der Waals surface area (Å²) in [6.07, 6.45) is 1.58. The van der Waals surface area contributed by atoms with Gasteiger partial charge in [0.15, 0.2) is 5.82 Å². The lowest BCUT2D eigenvalue weighted by Crippen LogP contribution is -2.30. The van der Waals surface area contributed by atoms with Crippen molar-refractivity contribution in [3.63, 3.8) is 0 Å². The first-order valence-corrected chi connectivity index (χ1v) is 7.44. The van der Waals surface area contributed by atoms with E-state index in [1.165, 1.54) is 26.5 Å². The standard InChI is InChI=1S/C13H17N3O3S/c1-10-4-6-11(7-5-10)12(17)13-14-8-9-16(13)20(18,19)15(2)3/h4-9,12,17H,1-3H3. The molecule has 108 valence electrons. The Kier molecular flexibility index (Phi) is 3.94. The average molecular weight is 295 g/mol. The second-order valence-corrected chi connectivity index (χ2v) is 6.70. The van der Waals surface area contributed by atoms with Crippen LogP contribution < -0.4 is 0 Å². The number of benzene rings is 1. The van der Waals surface area contributed by atoms with Crippen molar-refractivity contribution in [2.45, 2.75) is 13.0 Å². The molecule has 1 atom stereocenters. The van der Waals surface area contributed by atoms with Crippen molar-refractivity contribution in [3.8, 4) is 0 Å². The molecule has 7 heteroatoms. The Morgan fingerprint density at radius 1 is 1.25 bits per heavy atom. The highest BCUT2D eigenvalue weighted by Crippen LogP contribution is 2.22. The first kappa shape index (κ1) is 14.7. The second-order valence-electron chi connectivity index (χ2n) is 4.68. The summed E-state index contributed by atoms with van der Waals surface area (Å²) in [6.45, 7) is 1.94. The highest BCUT2D eigenvalue weighted by molar-refractivity contribution is 7.87. The fourth-order valence-electron chi connectivity index (χ4n) is 1.76. The molecule has 1 aromatic carbocycles. The highest BCUT2D eigenvalue weighted by Gasteiger charge is 2.24. The molecule has 20 heavy (non-hydrogen) atoms. The lowest BCUT2D eigenvalue weighted by molar-refractivity contribution is 0.209. The van der Waals surface area contributed by atoms with Crippen molar-refractivity contribution in [3.05, 3.63) is 53.6 Å². The Balaban J connectivity index is 2.45. The van der Waals surface area contributed by atoms with Crippen LogP contribution in [0.4, 0.5) is 0 Å². The molecule has 0 aliphatic carbocycles. The lowest BCUT2D eigenvalue weighted by atomic mass is 10.1. The molecule has 1 unspecified atom stereocenters. The summed E-state index contributed by atoms with van der Waals surface area (Å²) in [5, 5.41) is 10.3. The molecule has 0 amide bonds. The largest absolute Gasteiger partial charge is 0.380 e. The molecule has 0 spiro atoms. The molecule has 2 aromatic rings. The van der Waals surface area contributed by atoms with E-state index in [4.69, 9.17) is 0 Å². The van der Waals surface area contributed by atoms with Crippen LogP contribution in [0.2, 0.25) is 0 Å². The SMILES string of the molecule is Cc1ccc(C(O)c2nccn2S(=O)(=O)N(C)C)cc1. The first-order chi connectivity index (χ1) is 9.34. The van der Waals surface area contributed by atoms with Crippen molar-refractivity contribution in [1.82, 2.24) is 13.3 Å². The minimum absolute atomic E-state index is 0.0718. The van der Waals surface area contributed by atoms with E-state index in [2.05, 4.69) is 4.98 Å². The fraction of sp³-hybridized carbons (Fsp3) is 0.308. The molecule has 0 radical (unpaired) electrons. The van der Waals surface area contributed by atoms with E-state index in [-0.39, 0.29) is 5.82 Å². The van der Waals surface area contributed by atoms with E-state index in [9.17, 15) is 13.5 Å². The number of aliphatic hydroxyl groups is 1. The maximum atomic E-state index is 12.1. The Morgan fingerprint density at radius 2 is 1.85 bits per heavy atom. The summed E-state index contributed by atoms with van der Waals surface area (Å²) < 4.78 is 26.3. The van der Waals surface area contributed by atoms with E-state index in [0.717, 1.165) is 13.8 Å². The number of hydrogen-bond donors (Lipinski definition) is 1. The smallest absolute Gasteiger partial charge is 0.308 e. The summed E-state index contributed by atoms with van der Waals surface area (Å²) in [4.78, 5) is 3.97. The van der Waals surface area contributed by atoms with E-state index >= 15 is 0 Å². The topological polar surface area (TPSA) is 75.4 Å². The van der Waals surface area contributed by atoms with Gasteiger partial charge in [0.05, 0.1) is 0 Å². The van der Waals surface area contributed by atoms with Gasteiger partial charge < -0.3 is 5.11 Å². The maximum Gasteiger partial charge on any atom is 0.308 e. The minimum Gasteiger partial charge on any atom is -0.380 e. The quantitative estimate of drug-likeness (QED) is 0.910. The zero-order chi connectivity index (χ0) is 14.9. The van der Waals surface area contributed by atoms with Crippen molar-refractivity contribution in [2.24, 2.45) is 0 Å². The van der Waals surface area contributed by atoms with Crippen LogP contribution in [0.5, 0.6) is 0 Å². The minimum atomic E-state index is -3.70. The number of aryl methyl sites for hydroxylation is 1. The molecule has 0 saturated carbocycles. The van der Waals surface area contributed by atoms with Gasteiger partial charge in [0.1, 0.15) is 6.10 Å². The Hall–Kier alpha value is -1.70. The van der Waals surface area contributed by atoms with Gasteiger partial charge in [-0.25, -0.2) is 8.96 Å². The molecule has 0 aliphatic heterocycles. The molecule has 1 heterocycles. The van der Waals surface area contributed by atoms with E-state index in [1.807, 2.05) is 19.1 Å². The van der Waals surface area contributed by atoms with Crippen molar-refractivity contribution in [2.75, 3.05) is 14.1 Å². The molecule has 0 bridgehead atoms. The summed E-state index contributed by atoms with van der Waals surface area (Å²) in [7, 11) is -0.842. The molecule has 1 aromatic heterocycles. The van der Waals surface area contributed by atoms with Crippen LogP contribution in [0.3, 0.4) is 0 Å². The maximum absolute atomic E-state index is 12.1. The summed E-state index contributed by atoms with van der Waals surface area (Å²) in [6, 6.07) is 7.21. The van der Waals surface area contributed by atoms with Gasteiger partial charge in [-0.2, -0.15) is 12.7 Å². The Labute approximate surface area is 118 Å². The van der Waals surface area contributed by atoms with Crippen LogP contribution in [0.25, 0.3) is 0 Å². The van der Waals surface area contributed by atoms with Crippen LogP contribution in [0, 0.1) is 6.92 Å². The first-order valence-electron chi connectivity index (χ1n) is 6.05. The predicted molar refractivity (Wildman–Crippen MR) is 75.5 cm³/mol. The number of imidazole rings is 1. The van der Waals surface area contributed by atoms with Crippen LogP contribution in [-0.2, 0) is 10.2 Å². The van der Waals surface area contributed by atoms with Crippen LogP contribution in [0.1, 0.15) is 23.1 Å². The molecule has 0 saturated heterocycles. The molecule has 1 N–H and O–H groups in total. The van der Waals surface area contributed by atoms with E-state index < -0.39 is 16.3 Å². The van der Waals surface area contributed by atoms with Gasteiger partial charge in [0, 0.05) is 26.5 Å². The summed E-state index contributed by atoms with van der Waals surface area (Å²) >= 11 is 0. The van der Waals surface area contributed by atoms with Gasteiger partial charge in [-0.1, -0.05) is 29.8 Å². The van der Waals surface area contributed by atoms with Crippen molar-refractivity contribution >= 4 is 10.2 Å². The zero-order valence-electron chi connectivity index (χ0n) is 11.6. The normalized spacial score (nSPS) is 13.7. The number of aromatic nitrogens is 2. The highest BCUT2D eigenvalue weighted by atomic mass is 32.2. The zero-order valence-corrected chi connectivity index (χ0v) is 12.4. The van der Waals surface area contributed by atoms with Gasteiger partial charge in [-0.3, -0.25) is 0 Å². The number of nitrogens with zero attached hydrogens (tertiary/aromatic N) is 3. The van der Waals surface area contributed by atoms with Crippen molar-refractivity contribution in [1.29, 1.82) is 0 Å². The molecular weight excluding hydrogens is 278 g/mol. The Morgan fingerprint density at radius 3 is 2.40 bits per heavy atom. The molecule has 0 aliphatic rings. The molecule has 0 fully saturated rings. The number of aliphatic hydroxyl groups excluding tert-OH is 1. The van der Waals surface area contributed by atoms with Gasteiger partial charge in [0.25, 0.3) is 0 Å². The summed E-state index contributed by atoms with van der Waals surface area (Å²) in [5.74, 6) is 0.0718. The second kappa shape index (κ2) is 5.35. The molecular formula is C13H17N3O3S. The fourth-order valence-corrected chi connectivity index (χ4v) is 2.71. The van der Waals surface area contributed by atoms with Gasteiger partial charge in [-0.15, -0.1) is 0 Å². The third kappa shape index (κ3) is 2.60. The molecule has 6 nitrogen and oxygen atoms in total. The number of hydrogen-bond acceptors (Lipinski definition) is 4. The van der Waals surface area contributed by atoms with E-state index in [1.54, 1.807) is 12.1 Å². The predicted octanol–water partition coefficient (Wildman–Crippen LogP) is 0.928. The Bertz CT molecular complexity index is 690.